The van der Waals surface area contributed by atoms with Crippen molar-refractivity contribution < 1.29 is 33.8 Å². The summed E-state index contributed by atoms with van der Waals surface area (Å²) in [5, 5.41) is 26.5. The number of nitrogen functional groups attached to an aromatic ring is 1. The first-order chi connectivity index (χ1) is 24.2. The largest absolute Gasteiger partial charge is 0.507 e. The molecule has 50 heavy (non-hydrogen) atoms. The monoisotopic (exact) mass is 677 g/mol. The number of imide groups is 2. The van der Waals surface area contributed by atoms with Crippen molar-refractivity contribution in [3.63, 3.8) is 0 Å². The Morgan fingerprint density at radius 3 is 2.46 bits per heavy atom. The second-order valence-electron chi connectivity index (χ2n) is 11.9. The summed E-state index contributed by atoms with van der Waals surface area (Å²) in [4.78, 5) is 63.2. The number of amides is 5. The number of para-hydroxylation sites is 1. The summed E-state index contributed by atoms with van der Waals surface area (Å²) in [5.41, 5.74) is 9.50. The molecule has 0 saturated carbocycles. The molecule has 0 bridgehead atoms. The highest BCUT2D eigenvalue weighted by molar-refractivity contribution is 6.23. The van der Waals surface area contributed by atoms with Crippen molar-refractivity contribution >= 4 is 41.0 Å². The molecule has 0 radical (unpaired) electrons. The third-order valence-corrected chi connectivity index (χ3v) is 8.49. The molecule has 4 aromatic rings. The zero-order valence-electron chi connectivity index (χ0n) is 27.0. The molecule has 2 aliphatic heterocycles. The second-order valence-corrected chi connectivity index (χ2v) is 11.9. The highest BCUT2D eigenvalue weighted by Gasteiger charge is 2.44. The minimum Gasteiger partial charge on any atom is -0.507 e. The van der Waals surface area contributed by atoms with Crippen LogP contribution in [0.25, 0.3) is 11.3 Å². The van der Waals surface area contributed by atoms with Crippen LogP contribution in [0.15, 0.2) is 72.8 Å². The van der Waals surface area contributed by atoms with E-state index < -0.39 is 29.7 Å². The predicted octanol–water partition coefficient (Wildman–Crippen LogP) is 3.08. The Morgan fingerprint density at radius 1 is 0.920 bits per heavy atom. The van der Waals surface area contributed by atoms with Gasteiger partial charge in [-0.15, -0.1) is 10.2 Å². The fraction of sp³-hybridized carbons (Fsp3) is 0.250. The molecule has 0 aliphatic carbocycles. The molecule has 1 fully saturated rings. The Hall–Kier alpha value is -6.31. The van der Waals surface area contributed by atoms with E-state index in [2.05, 4.69) is 26.1 Å². The van der Waals surface area contributed by atoms with Crippen LogP contribution in [0.4, 0.5) is 11.5 Å². The van der Waals surface area contributed by atoms with Crippen LogP contribution in [0.2, 0.25) is 0 Å². The van der Waals surface area contributed by atoms with E-state index in [4.69, 9.17) is 10.5 Å². The van der Waals surface area contributed by atoms with Gasteiger partial charge in [-0.1, -0.05) is 24.3 Å². The van der Waals surface area contributed by atoms with Gasteiger partial charge in [0.05, 0.1) is 17.7 Å². The number of phenols is 1. The number of nitrogens with two attached hydrogens (primary N) is 1. The Labute approximate surface area is 287 Å². The van der Waals surface area contributed by atoms with Crippen molar-refractivity contribution in [2.75, 3.05) is 30.7 Å². The molecule has 6 N–H and O–H groups in total. The average Bonchev–Trinajstić information content (AvgIpc) is 3.35. The van der Waals surface area contributed by atoms with Gasteiger partial charge < -0.3 is 26.2 Å². The van der Waals surface area contributed by atoms with Gasteiger partial charge in [0.15, 0.2) is 11.6 Å². The number of nitrogens with one attached hydrogen (secondary N) is 3. The number of hydrogen-bond acceptors (Lipinski definition) is 11. The van der Waals surface area contributed by atoms with Crippen molar-refractivity contribution in [1.82, 2.24) is 25.7 Å². The summed E-state index contributed by atoms with van der Waals surface area (Å²) in [6, 6.07) is 19.5. The molecule has 1 saturated heterocycles. The van der Waals surface area contributed by atoms with E-state index in [0.717, 1.165) is 16.9 Å². The first-order valence-corrected chi connectivity index (χ1v) is 16.2. The molecule has 6 rings (SSSR count). The van der Waals surface area contributed by atoms with E-state index in [0.29, 0.717) is 60.8 Å². The number of fused-ring (bicyclic) bond motifs is 1. The van der Waals surface area contributed by atoms with Crippen LogP contribution in [0.3, 0.4) is 0 Å². The number of ether oxygens (including phenoxy) is 1. The van der Waals surface area contributed by atoms with Gasteiger partial charge in [0.2, 0.25) is 11.8 Å². The number of carbonyl (C=O) groups excluding carboxylic acids is 5. The van der Waals surface area contributed by atoms with Gasteiger partial charge in [0.1, 0.15) is 17.5 Å². The van der Waals surface area contributed by atoms with Crippen molar-refractivity contribution in [2.24, 2.45) is 0 Å². The summed E-state index contributed by atoms with van der Waals surface area (Å²) >= 11 is 0. The van der Waals surface area contributed by atoms with Crippen LogP contribution in [0.5, 0.6) is 11.5 Å². The third-order valence-electron chi connectivity index (χ3n) is 8.49. The lowest BCUT2D eigenvalue weighted by atomic mass is 10.0. The molecule has 1 aromatic heterocycles. The SMILES string of the molecule is Nc1nnc(-c2ccccc2O)cc1OCCc1ccc(C(=O)NCCCCNc2ccc3c(c2)C(=O)N(C2CCC(=O)NC2=O)C3=O)cc1. The fourth-order valence-electron chi connectivity index (χ4n) is 5.79. The number of hydrogen-bond donors (Lipinski definition) is 5. The van der Waals surface area contributed by atoms with E-state index in [-0.39, 0.29) is 41.4 Å². The maximum Gasteiger partial charge on any atom is 0.262 e. The zero-order chi connectivity index (χ0) is 35.2. The first kappa shape index (κ1) is 33.6. The number of anilines is 2. The molecule has 1 unspecified atom stereocenters. The van der Waals surface area contributed by atoms with Gasteiger partial charge in [0.25, 0.3) is 17.7 Å². The third kappa shape index (κ3) is 7.38. The molecule has 14 nitrogen and oxygen atoms in total. The smallest absolute Gasteiger partial charge is 0.262 e. The van der Waals surface area contributed by atoms with E-state index in [1.807, 2.05) is 12.1 Å². The Morgan fingerprint density at radius 2 is 1.68 bits per heavy atom. The lowest BCUT2D eigenvalue weighted by Gasteiger charge is -2.27. The molecule has 14 heteroatoms. The first-order valence-electron chi connectivity index (χ1n) is 16.2. The molecule has 3 heterocycles. The van der Waals surface area contributed by atoms with E-state index in [9.17, 15) is 29.1 Å². The number of aromatic hydroxyl groups is 1. The molecule has 3 aromatic carbocycles. The summed E-state index contributed by atoms with van der Waals surface area (Å²) in [7, 11) is 0. The summed E-state index contributed by atoms with van der Waals surface area (Å²) in [5.74, 6) is -1.77. The van der Waals surface area contributed by atoms with E-state index >= 15 is 0 Å². The molecular formula is C36H35N7O7. The predicted molar refractivity (Wildman–Crippen MR) is 182 cm³/mol. The fourth-order valence-corrected chi connectivity index (χ4v) is 5.79. The summed E-state index contributed by atoms with van der Waals surface area (Å²) in [6.07, 6.45) is 2.17. The van der Waals surface area contributed by atoms with Crippen molar-refractivity contribution in [3.05, 3.63) is 95.1 Å². The van der Waals surface area contributed by atoms with Crippen LogP contribution >= 0.6 is 0 Å². The maximum atomic E-state index is 13.0. The van der Waals surface area contributed by atoms with Crippen LogP contribution in [0, 0.1) is 0 Å². The normalized spacial score (nSPS) is 15.4. The van der Waals surface area contributed by atoms with Gasteiger partial charge in [0, 0.05) is 48.8 Å². The van der Waals surface area contributed by atoms with Crippen LogP contribution in [-0.4, -0.2) is 75.5 Å². The van der Waals surface area contributed by atoms with Crippen molar-refractivity contribution in [1.29, 1.82) is 0 Å². The Kier molecular flexibility index (Phi) is 9.97. The quantitative estimate of drug-likeness (QED) is 0.103. The zero-order valence-corrected chi connectivity index (χ0v) is 27.0. The molecule has 5 amide bonds. The number of nitrogens with zero attached hydrogens (tertiary/aromatic N) is 3. The lowest BCUT2D eigenvalue weighted by Crippen LogP contribution is -2.54. The Bertz CT molecular complexity index is 1960. The molecule has 1 atom stereocenters. The lowest BCUT2D eigenvalue weighted by molar-refractivity contribution is -0.136. The van der Waals surface area contributed by atoms with Crippen molar-refractivity contribution in [3.8, 4) is 22.8 Å². The van der Waals surface area contributed by atoms with Crippen molar-refractivity contribution in [2.45, 2.75) is 38.1 Å². The number of benzene rings is 3. The standard InChI is InChI=1S/C36H35N7O7/c37-32-30(20-27(41-42-32)25-5-1-2-6-29(25)44)50-18-15-21-7-9-22(10-8-21)33(46)39-17-4-3-16-38-23-11-12-24-26(19-23)36(49)43(35(24)48)28-13-14-31(45)40-34(28)47/h1-2,5-12,19-20,28,38,44H,3-4,13-18H2,(H2,37,42)(H,39,46)(H,40,45,47). The molecular weight excluding hydrogens is 642 g/mol. The average molecular weight is 678 g/mol. The van der Waals surface area contributed by atoms with Gasteiger partial charge in [-0.3, -0.25) is 34.2 Å². The van der Waals surface area contributed by atoms with E-state index in [1.54, 1.807) is 60.7 Å². The topological polar surface area (TPSA) is 206 Å². The minimum atomic E-state index is -1.01. The summed E-state index contributed by atoms with van der Waals surface area (Å²) < 4.78 is 5.85. The highest BCUT2D eigenvalue weighted by Crippen LogP contribution is 2.31. The maximum absolute atomic E-state index is 13.0. The van der Waals surface area contributed by atoms with Crippen LogP contribution in [-0.2, 0) is 16.0 Å². The molecule has 2 aliphatic rings. The number of aromatic nitrogens is 2. The highest BCUT2D eigenvalue weighted by atomic mass is 16.5. The van der Waals surface area contributed by atoms with Gasteiger partial charge in [-0.25, -0.2) is 0 Å². The second kappa shape index (κ2) is 14.8. The summed E-state index contributed by atoms with van der Waals surface area (Å²) in [6.45, 7) is 1.36. The number of rotatable bonds is 13. The number of piperidine rings is 1. The number of unbranched alkanes of at least 4 members (excludes halogenated alkanes) is 1. The number of carbonyl (C=O) groups is 5. The van der Waals surface area contributed by atoms with Gasteiger partial charge >= 0.3 is 0 Å². The molecule has 256 valence electrons. The van der Waals surface area contributed by atoms with Gasteiger partial charge in [-0.2, -0.15) is 0 Å². The van der Waals surface area contributed by atoms with E-state index in [1.165, 1.54) is 0 Å². The number of phenolic OH excluding ortho intramolecular Hbond substituents is 1. The van der Waals surface area contributed by atoms with Crippen LogP contribution in [0.1, 0.15) is 62.3 Å². The minimum absolute atomic E-state index is 0.0634. The van der Waals surface area contributed by atoms with Crippen LogP contribution < -0.4 is 26.4 Å². The molecule has 0 spiro atoms. The Balaban J connectivity index is 0.907. The van der Waals surface area contributed by atoms with Gasteiger partial charge in [-0.05, 0) is 67.3 Å².